The average molecular weight is 370 g/mol. The van der Waals surface area contributed by atoms with Gasteiger partial charge in [0.25, 0.3) is 5.91 Å². The van der Waals surface area contributed by atoms with Crippen LogP contribution in [-0.2, 0) is 6.42 Å². The summed E-state index contributed by atoms with van der Waals surface area (Å²) in [7, 11) is 4.17. The third-order valence-electron chi connectivity index (χ3n) is 4.39. The topological polar surface area (TPSA) is 82.0 Å². The Kier molecular flexibility index (Phi) is 7.41. The number of rotatable bonds is 8. The molecule has 0 radical (unpaired) electrons. The zero-order valence-electron chi connectivity index (χ0n) is 16.3. The number of carbonyl (C=O) groups excluding carboxylic acids is 1. The number of ether oxygens (including phenoxy) is 1. The van der Waals surface area contributed by atoms with Crippen LogP contribution in [0.25, 0.3) is 0 Å². The number of hydrogen-bond acceptors (Lipinski definition) is 5. The van der Waals surface area contributed by atoms with Crippen LogP contribution in [0.3, 0.4) is 0 Å². The van der Waals surface area contributed by atoms with Crippen LogP contribution in [0.2, 0.25) is 0 Å². The van der Waals surface area contributed by atoms with Crippen molar-refractivity contribution in [3.63, 3.8) is 0 Å². The quantitative estimate of drug-likeness (QED) is 0.613. The summed E-state index contributed by atoms with van der Waals surface area (Å²) in [6, 6.07) is 10.3. The van der Waals surface area contributed by atoms with E-state index in [4.69, 9.17) is 4.74 Å². The highest BCUT2D eigenvalue weighted by atomic mass is 16.5. The Labute approximate surface area is 160 Å². The van der Waals surface area contributed by atoms with Crippen molar-refractivity contribution in [1.82, 2.24) is 4.90 Å². The fraction of sp³-hybridized carbons (Fsp3) is 0.350. The molecule has 0 heterocycles. The van der Waals surface area contributed by atoms with E-state index in [9.17, 15) is 14.8 Å². The number of benzene rings is 2. The number of nitrogens with zero attached hydrogens (tertiary/aromatic N) is 1. The lowest BCUT2D eigenvalue weighted by Crippen LogP contribution is -2.30. The number of nitrogens with one attached hydrogen (secondary N) is 1. The van der Waals surface area contributed by atoms with Gasteiger partial charge in [-0.05, 0) is 81.3 Å². The molecule has 2 aromatic rings. The summed E-state index contributed by atoms with van der Waals surface area (Å²) in [5.74, 6) is 0.565. The molecule has 2 rings (SSSR count). The second kappa shape index (κ2) is 9.55. The molecule has 144 valence electrons. The van der Waals surface area contributed by atoms with E-state index in [0.29, 0.717) is 16.7 Å². The number of methoxy groups -OCH3 is 1. The maximum atomic E-state index is 12.7. The zero-order chi connectivity index (χ0) is 20.0. The maximum absolute atomic E-state index is 12.7. The molecule has 7 heteroatoms. The molecule has 0 saturated heterocycles. The summed E-state index contributed by atoms with van der Waals surface area (Å²) in [5.41, 5.74) is 3.34. The first-order valence-electron chi connectivity index (χ1n) is 8.91. The van der Waals surface area contributed by atoms with Crippen molar-refractivity contribution in [3.05, 3.63) is 53.1 Å². The van der Waals surface area contributed by atoms with Crippen molar-refractivity contribution in [1.29, 1.82) is 0 Å². The van der Waals surface area contributed by atoms with Crippen LogP contribution in [0, 0.1) is 6.92 Å². The third kappa shape index (κ3) is 5.82. The van der Waals surface area contributed by atoms with Gasteiger partial charge in [0.1, 0.15) is 5.75 Å². The van der Waals surface area contributed by atoms with Crippen LogP contribution in [0.5, 0.6) is 5.75 Å². The minimum absolute atomic E-state index is 0.216. The summed E-state index contributed by atoms with van der Waals surface area (Å²) in [5, 5.41) is 21.4. The molecule has 6 nitrogen and oxygen atoms in total. The van der Waals surface area contributed by atoms with E-state index in [1.165, 1.54) is 0 Å². The van der Waals surface area contributed by atoms with Crippen molar-refractivity contribution in [2.24, 2.45) is 0 Å². The Morgan fingerprint density at radius 1 is 1.19 bits per heavy atom. The lowest BCUT2D eigenvalue weighted by Gasteiger charge is -2.14. The molecule has 0 fully saturated rings. The summed E-state index contributed by atoms with van der Waals surface area (Å²) in [4.78, 5) is 14.8. The van der Waals surface area contributed by atoms with Gasteiger partial charge >= 0.3 is 7.12 Å². The Hall–Kier alpha value is -2.35. The van der Waals surface area contributed by atoms with E-state index in [2.05, 4.69) is 10.2 Å². The first-order valence-corrected chi connectivity index (χ1v) is 8.91. The molecule has 0 aromatic heterocycles. The Bertz CT molecular complexity index is 794. The van der Waals surface area contributed by atoms with Crippen LogP contribution >= 0.6 is 0 Å². The smallest absolute Gasteiger partial charge is 0.488 e. The van der Waals surface area contributed by atoms with Crippen LogP contribution < -0.4 is 15.5 Å². The van der Waals surface area contributed by atoms with Gasteiger partial charge in [-0.25, -0.2) is 0 Å². The first-order chi connectivity index (χ1) is 12.8. The van der Waals surface area contributed by atoms with Gasteiger partial charge < -0.3 is 25.0 Å². The van der Waals surface area contributed by atoms with E-state index in [-0.39, 0.29) is 5.91 Å². The Morgan fingerprint density at radius 2 is 1.93 bits per heavy atom. The van der Waals surface area contributed by atoms with Gasteiger partial charge in [0.2, 0.25) is 0 Å². The largest absolute Gasteiger partial charge is 0.496 e. The van der Waals surface area contributed by atoms with Gasteiger partial charge in [0.05, 0.1) is 7.11 Å². The minimum atomic E-state index is -1.53. The summed E-state index contributed by atoms with van der Waals surface area (Å²) < 4.78 is 5.42. The molecule has 0 saturated carbocycles. The summed E-state index contributed by atoms with van der Waals surface area (Å²) in [6.07, 6.45) is 1.79. The highest BCUT2D eigenvalue weighted by molar-refractivity contribution is 6.58. The van der Waals surface area contributed by atoms with Crippen molar-refractivity contribution in [2.75, 3.05) is 33.1 Å². The molecular weight excluding hydrogens is 343 g/mol. The molecule has 0 unspecified atom stereocenters. The van der Waals surface area contributed by atoms with Crippen LogP contribution in [0.1, 0.15) is 27.9 Å². The van der Waals surface area contributed by atoms with Gasteiger partial charge in [-0.1, -0.05) is 12.1 Å². The van der Waals surface area contributed by atoms with E-state index >= 15 is 0 Å². The summed E-state index contributed by atoms with van der Waals surface area (Å²) >= 11 is 0. The van der Waals surface area contributed by atoms with Gasteiger partial charge in [-0.15, -0.1) is 0 Å². The second-order valence-electron chi connectivity index (χ2n) is 6.84. The second-order valence-corrected chi connectivity index (χ2v) is 6.84. The molecule has 0 bridgehead atoms. The van der Waals surface area contributed by atoms with Gasteiger partial charge in [-0.3, -0.25) is 4.79 Å². The molecule has 2 aromatic carbocycles. The Balaban J connectivity index is 2.16. The molecule has 27 heavy (non-hydrogen) atoms. The number of aryl methyl sites for hydroxylation is 2. The number of carbonyl (C=O) groups is 1. The SMILES string of the molecule is COc1ccc(C(=O)Nc2ccc(B(O)O)cc2C)cc1CCCN(C)C. The van der Waals surface area contributed by atoms with E-state index in [1.807, 2.05) is 33.2 Å². The van der Waals surface area contributed by atoms with E-state index in [0.717, 1.165) is 36.3 Å². The molecule has 3 N–H and O–H groups in total. The normalized spacial score (nSPS) is 10.8. The monoisotopic (exact) mass is 370 g/mol. The number of amides is 1. The van der Waals surface area contributed by atoms with Gasteiger partial charge in [0, 0.05) is 11.3 Å². The van der Waals surface area contributed by atoms with Crippen molar-refractivity contribution >= 4 is 24.2 Å². The standard InChI is InChI=1S/C20H27BN2O4/c1-14-12-17(21(25)26)8-9-18(14)22-20(24)16-7-10-19(27-4)15(13-16)6-5-11-23(2)3/h7-10,12-13,25-26H,5-6,11H2,1-4H3,(H,22,24). The Morgan fingerprint density at radius 3 is 2.52 bits per heavy atom. The molecule has 0 aliphatic carbocycles. The average Bonchev–Trinajstić information content (AvgIpc) is 2.62. The third-order valence-corrected chi connectivity index (χ3v) is 4.39. The maximum Gasteiger partial charge on any atom is 0.488 e. The first kappa shape index (κ1) is 21.0. The van der Waals surface area contributed by atoms with Gasteiger partial charge in [-0.2, -0.15) is 0 Å². The number of hydrogen-bond donors (Lipinski definition) is 3. The van der Waals surface area contributed by atoms with Gasteiger partial charge in [0.15, 0.2) is 0 Å². The predicted octanol–water partition coefficient (Wildman–Crippen LogP) is 1.43. The lowest BCUT2D eigenvalue weighted by atomic mass is 9.79. The van der Waals surface area contributed by atoms with Crippen LogP contribution in [0.15, 0.2) is 36.4 Å². The molecule has 1 amide bonds. The van der Waals surface area contributed by atoms with Crippen molar-refractivity contribution in [3.8, 4) is 5.75 Å². The fourth-order valence-electron chi connectivity index (χ4n) is 2.88. The van der Waals surface area contributed by atoms with E-state index in [1.54, 1.807) is 31.4 Å². The molecule has 0 aliphatic rings. The van der Waals surface area contributed by atoms with Crippen molar-refractivity contribution in [2.45, 2.75) is 19.8 Å². The molecule has 0 atom stereocenters. The van der Waals surface area contributed by atoms with Crippen molar-refractivity contribution < 1.29 is 19.6 Å². The predicted molar refractivity (Wildman–Crippen MR) is 109 cm³/mol. The van der Waals surface area contributed by atoms with E-state index < -0.39 is 7.12 Å². The van der Waals surface area contributed by atoms with Crippen LogP contribution in [0.4, 0.5) is 5.69 Å². The lowest BCUT2D eigenvalue weighted by molar-refractivity contribution is 0.102. The molecule has 0 aliphatic heterocycles. The summed E-state index contributed by atoms with van der Waals surface area (Å²) in [6.45, 7) is 2.77. The van der Waals surface area contributed by atoms with Crippen LogP contribution in [-0.4, -0.2) is 55.7 Å². The highest BCUT2D eigenvalue weighted by Gasteiger charge is 2.15. The molecular formula is C20H27BN2O4. The minimum Gasteiger partial charge on any atom is -0.496 e. The zero-order valence-corrected chi connectivity index (χ0v) is 16.3. The number of anilines is 1. The molecule has 0 spiro atoms. The highest BCUT2D eigenvalue weighted by Crippen LogP contribution is 2.23. The fourth-order valence-corrected chi connectivity index (χ4v) is 2.88.